The van der Waals surface area contributed by atoms with E-state index in [9.17, 15) is 23.1 Å². The van der Waals surface area contributed by atoms with Gasteiger partial charge >= 0.3 is 0 Å². The van der Waals surface area contributed by atoms with Gasteiger partial charge in [0.2, 0.25) is 5.91 Å². The maximum absolute atomic E-state index is 14.4. The molecule has 2 amide bonds. The number of ether oxygens (including phenoxy) is 2. The molecule has 4 rings (SSSR count). The van der Waals surface area contributed by atoms with E-state index in [4.69, 9.17) is 14.0 Å². The van der Waals surface area contributed by atoms with Crippen molar-refractivity contribution in [2.45, 2.75) is 83.4 Å². The van der Waals surface area contributed by atoms with Crippen molar-refractivity contribution in [1.29, 1.82) is 0 Å². The third-order valence-corrected chi connectivity index (χ3v) is 10.2. The fourth-order valence-electron chi connectivity index (χ4n) is 5.79. The Morgan fingerprint density at radius 1 is 1.15 bits per heavy atom. The van der Waals surface area contributed by atoms with Crippen molar-refractivity contribution in [3.63, 3.8) is 0 Å². The van der Waals surface area contributed by atoms with Crippen LogP contribution in [0.25, 0.3) is 0 Å². The molecule has 0 spiro atoms. The number of aryl methyl sites for hydroxylation is 2. The van der Waals surface area contributed by atoms with Crippen LogP contribution in [0.5, 0.6) is 5.75 Å². The number of nitrogens with zero attached hydrogens (tertiary/aromatic N) is 3. The zero-order chi connectivity index (χ0) is 35.0. The lowest BCUT2D eigenvalue weighted by Crippen LogP contribution is -2.48. The summed E-state index contributed by atoms with van der Waals surface area (Å²) in [5.41, 5.74) is 1.45. The molecule has 13 heteroatoms. The van der Waals surface area contributed by atoms with E-state index in [1.807, 2.05) is 44.2 Å². The Kier molecular flexibility index (Phi) is 12.6. The molecule has 0 aliphatic carbocycles. The van der Waals surface area contributed by atoms with Crippen LogP contribution in [-0.4, -0.2) is 91.9 Å². The molecule has 0 bridgehead atoms. The average Bonchev–Trinajstić information content (AvgIpc) is 3.40. The van der Waals surface area contributed by atoms with Gasteiger partial charge in [-0.15, -0.1) is 0 Å². The number of carbonyl (C=O) groups is 2. The summed E-state index contributed by atoms with van der Waals surface area (Å²) in [7, 11) is -2.33. The highest BCUT2D eigenvalue weighted by atomic mass is 32.2. The van der Waals surface area contributed by atoms with E-state index in [1.165, 1.54) is 19.9 Å². The summed E-state index contributed by atoms with van der Waals surface area (Å²) in [5.74, 6) is -0.255. The van der Waals surface area contributed by atoms with Gasteiger partial charge in [0.15, 0.2) is 10.7 Å². The van der Waals surface area contributed by atoms with Gasteiger partial charge in [-0.05, 0) is 70.7 Å². The zero-order valence-electron chi connectivity index (χ0n) is 28.6. The molecule has 0 unspecified atom stereocenters. The van der Waals surface area contributed by atoms with Gasteiger partial charge in [0, 0.05) is 38.3 Å². The van der Waals surface area contributed by atoms with Crippen molar-refractivity contribution >= 4 is 27.5 Å². The Morgan fingerprint density at radius 2 is 1.88 bits per heavy atom. The van der Waals surface area contributed by atoms with E-state index >= 15 is 0 Å². The molecule has 262 valence electrons. The third-order valence-electron chi connectivity index (χ3n) is 8.62. The molecule has 4 atom stereocenters. The average molecular weight is 685 g/mol. The normalized spacial score (nSPS) is 20.3. The minimum absolute atomic E-state index is 0.0421. The number of aromatic nitrogens is 1. The second kappa shape index (κ2) is 16.4. The lowest BCUT2D eigenvalue weighted by atomic mass is 10.0. The van der Waals surface area contributed by atoms with Crippen LogP contribution in [-0.2, 0) is 26.0 Å². The highest BCUT2D eigenvalue weighted by molar-refractivity contribution is 7.92. The van der Waals surface area contributed by atoms with Gasteiger partial charge in [-0.2, -0.15) is 0 Å². The molecule has 0 fully saturated rings. The van der Waals surface area contributed by atoms with Crippen LogP contribution in [0.4, 0.5) is 5.69 Å². The maximum Gasteiger partial charge on any atom is 0.267 e. The Morgan fingerprint density at radius 3 is 2.54 bits per heavy atom. The number of carbonyl (C=O) groups excluding carboxylic acids is 2. The van der Waals surface area contributed by atoms with Crippen molar-refractivity contribution in [1.82, 2.24) is 15.0 Å². The number of rotatable bonds is 9. The minimum Gasteiger partial charge on any atom is -0.490 e. The number of hydrogen-bond acceptors (Lipinski definition) is 9. The summed E-state index contributed by atoms with van der Waals surface area (Å²) < 4.78 is 46.9. The molecule has 12 nitrogen and oxygen atoms in total. The number of benzene rings is 2. The first kappa shape index (κ1) is 36.9. The van der Waals surface area contributed by atoms with Crippen molar-refractivity contribution in [2.75, 3.05) is 38.1 Å². The van der Waals surface area contributed by atoms with Crippen molar-refractivity contribution < 1.29 is 37.1 Å². The van der Waals surface area contributed by atoms with Crippen molar-refractivity contribution in [3.05, 3.63) is 71.1 Å². The van der Waals surface area contributed by atoms with Gasteiger partial charge in [0.1, 0.15) is 11.4 Å². The molecule has 2 N–H and O–H groups in total. The van der Waals surface area contributed by atoms with Crippen molar-refractivity contribution in [3.8, 4) is 5.75 Å². The molecule has 1 aliphatic heterocycles. The van der Waals surface area contributed by atoms with Crippen LogP contribution in [0.3, 0.4) is 0 Å². The van der Waals surface area contributed by atoms with Crippen molar-refractivity contribution in [2.24, 2.45) is 5.92 Å². The fraction of sp³-hybridized carbons (Fsp3) is 0.514. The standard InChI is InChI=1S/C35H48N4O8S/c1-23-20-39(24(2)22-40)35(42)30-19-29(37-48(43,44)34-26(4)36-47-27(34)5)15-16-31(30)46-25(3)12-10-11-17-45-32(23)21-38(6)33(41)18-28-13-8-7-9-14-28/h7-9,13-16,19,23-25,32,37,40H,10-12,17-18,20-22H2,1-6H3/t23-,24+,25-,32-/m1/s1. The first-order valence-electron chi connectivity index (χ1n) is 16.4. The van der Waals surface area contributed by atoms with E-state index in [0.717, 1.165) is 18.4 Å². The van der Waals surface area contributed by atoms with E-state index in [-0.39, 0.29) is 71.2 Å². The highest BCUT2D eigenvalue weighted by Crippen LogP contribution is 2.30. The third kappa shape index (κ3) is 9.36. The molecule has 2 aromatic carbocycles. The SMILES string of the molecule is Cc1noc(C)c1S(=O)(=O)Nc1ccc2c(c1)C(=O)N([C@@H](C)CO)C[C@@H](C)[C@@H](CN(C)C(=O)Cc1ccccc1)OCCCC[C@@H](C)O2. The number of fused-ring (bicyclic) bond motifs is 1. The second-order valence-corrected chi connectivity index (χ2v) is 14.3. The fourth-order valence-corrected chi connectivity index (χ4v) is 7.17. The van der Waals surface area contributed by atoms with E-state index in [0.29, 0.717) is 25.3 Å². The van der Waals surface area contributed by atoms with E-state index < -0.39 is 22.0 Å². The number of likely N-dealkylation sites (N-methyl/N-ethyl adjacent to an activating group) is 1. The lowest BCUT2D eigenvalue weighted by Gasteiger charge is -2.36. The Labute approximate surface area is 283 Å². The van der Waals surface area contributed by atoms with Gasteiger partial charge in [-0.25, -0.2) is 8.42 Å². The molecular weight excluding hydrogens is 636 g/mol. The largest absolute Gasteiger partial charge is 0.490 e. The topological polar surface area (TPSA) is 152 Å². The molecular formula is C35H48N4O8S. The Hall–Kier alpha value is -3.94. The second-order valence-electron chi connectivity index (χ2n) is 12.7. The summed E-state index contributed by atoms with van der Waals surface area (Å²) in [6.07, 6.45) is 1.93. The smallest absolute Gasteiger partial charge is 0.267 e. The highest BCUT2D eigenvalue weighted by Gasteiger charge is 2.32. The molecule has 0 radical (unpaired) electrons. The van der Waals surface area contributed by atoms with Gasteiger partial charge in [-0.1, -0.05) is 42.4 Å². The summed E-state index contributed by atoms with van der Waals surface area (Å²) >= 11 is 0. The maximum atomic E-state index is 14.4. The summed E-state index contributed by atoms with van der Waals surface area (Å²) in [6.45, 7) is 9.39. The number of aliphatic hydroxyl groups excluding tert-OH is 1. The van der Waals surface area contributed by atoms with Gasteiger partial charge in [-0.3, -0.25) is 14.3 Å². The summed E-state index contributed by atoms with van der Waals surface area (Å²) in [5, 5.41) is 14.0. The lowest BCUT2D eigenvalue weighted by molar-refractivity contribution is -0.131. The zero-order valence-corrected chi connectivity index (χ0v) is 29.5. The van der Waals surface area contributed by atoms with Crippen LogP contribution in [0, 0.1) is 19.8 Å². The molecule has 1 aliphatic rings. The van der Waals surface area contributed by atoms with Gasteiger partial charge < -0.3 is 28.9 Å². The predicted molar refractivity (Wildman–Crippen MR) is 181 cm³/mol. The van der Waals surface area contributed by atoms with Gasteiger partial charge in [0.05, 0.1) is 36.8 Å². The quantitative estimate of drug-likeness (QED) is 0.330. The Bertz CT molecular complexity index is 1630. The minimum atomic E-state index is -4.08. The Balaban J connectivity index is 1.64. The molecule has 0 saturated carbocycles. The number of sulfonamides is 1. The predicted octanol–water partition coefficient (Wildman–Crippen LogP) is 4.59. The molecule has 0 saturated heterocycles. The van der Waals surface area contributed by atoms with Crippen LogP contribution in [0.1, 0.15) is 67.4 Å². The monoisotopic (exact) mass is 684 g/mol. The number of hydrogen-bond donors (Lipinski definition) is 2. The van der Waals surface area contributed by atoms with Gasteiger partial charge in [0.25, 0.3) is 15.9 Å². The number of anilines is 1. The first-order valence-corrected chi connectivity index (χ1v) is 17.9. The number of aliphatic hydroxyl groups is 1. The van der Waals surface area contributed by atoms with E-state index in [2.05, 4.69) is 9.88 Å². The molecule has 2 heterocycles. The number of amides is 2. The van der Waals surface area contributed by atoms with Crippen LogP contribution in [0.15, 0.2) is 57.9 Å². The first-order chi connectivity index (χ1) is 22.8. The summed E-state index contributed by atoms with van der Waals surface area (Å²) in [4.78, 5) is 30.7. The van der Waals surface area contributed by atoms with E-state index in [1.54, 1.807) is 35.9 Å². The molecule has 1 aromatic heterocycles. The molecule has 48 heavy (non-hydrogen) atoms. The number of nitrogens with one attached hydrogen (secondary N) is 1. The summed E-state index contributed by atoms with van der Waals surface area (Å²) in [6, 6.07) is 13.6. The van der Waals surface area contributed by atoms with Crippen LogP contribution >= 0.6 is 0 Å². The van der Waals surface area contributed by atoms with Crippen LogP contribution < -0.4 is 9.46 Å². The molecule has 3 aromatic rings. The van der Waals surface area contributed by atoms with Crippen LogP contribution in [0.2, 0.25) is 0 Å².